The Kier molecular flexibility index (Phi) is 5.79. The number of rotatable bonds is 6. The Morgan fingerprint density at radius 3 is 1.92 bits per heavy atom. The lowest BCUT2D eigenvalue weighted by Crippen LogP contribution is -2.22. The first-order chi connectivity index (χ1) is 11.9. The second-order valence-corrected chi connectivity index (χ2v) is 10.4. The van der Waals surface area contributed by atoms with E-state index < -0.39 is 20.0 Å². The van der Waals surface area contributed by atoms with E-state index in [0.29, 0.717) is 11.5 Å². The van der Waals surface area contributed by atoms with Gasteiger partial charge in [-0.25, -0.2) is 21.1 Å². The highest BCUT2D eigenvalue weighted by Crippen LogP contribution is 2.25. The number of aryl methyl sites for hydroxylation is 1. The molecule has 2 aromatic rings. The van der Waals surface area contributed by atoms with Crippen LogP contribution in [0.5, 0.6) is 0 Å². The summed E-state index contributed by atoms with van der Waals surface area (Å²) in [5.41, 5.74) is 1.91. The molecule has 0 saturated heterocycles. The van der Waals surface area contributed by atoms with Gasteiger partial charge in [0.2, 0.25) is 10.0 Å². The molecule has 26 heavy (non-hydrogen) atoms. The minimum atomic E-state index is -3.82. The average Bonchev–Trinajstić information content (AvgIpc) is 2.56. The van der Waals surface area contributed by atoms with E-state index in [1.165, 1.54) is 26.2 Å². The van der Waals surface area contributed by atoms with Gasteiger partial charge in [-0.3, -0.25) is 4.72 Å². The number of anilines is 1. The monoisotopic (exact) mass is 396 g/mol. The minimum absolute atomic E-state index is 0.0287. The predicted molar refractivity (Wildman–Crippen MR) is 103 cm³/mol. The van der Waals surface area contributed by atoms with Crippen molar-refractivity contribution in [2.45, 2.75) is 36.5 Å². The van der Waals surface area contributed by atoms with E-state index in [-0.39, 0.29) is 15.5 Å². The second kappa shape index (κ2) is 7.38. The Morgan fingerprint density at radius 2 is 1.42 bits per heavy atom. The number of nitrogens with one attached hydrogen (secondary N) is 1. The van der Waals surface area contributed by atoms with Crippen LogP contribution in [-0.2, 0) is 20.0 Å². The van der Waals surface area contributed by atoms with Crippen LogP contribution >= 0.6 is 0 Å². The lowest BCUT2D eigenvalue weighted by Gasteiger charge is -2.15. The van der Waals surface area contributed by atoms with E-state index in [2.05, 4.69) is 4.72 Å². The maximum atomic E-state index is 12.7. The van der Waals surface area contributed by atoms with Gasteiger partial charge in [0.1, 0.15) is 0 Å². The zero-order valence-electron chi connectivity index (χ0n) is 15.5. The van der Waals surface area contributed by atoms with Crippen LogP contribution in [0, 0.1) is 6.92 Å². The zero-order chi connectivity index (χ0) is 19.7. The van der Waals surface area contributed by atoms with Gasteiger partial charge in [0.25, 0.3) is 10.0 Å². The molecule has 0 aromatic heterocycles. The Labute approximate surface area is 156 Å². The maximum Gasteiger partial charge on any atom is 0.261 e. The van der Waals surface area contributed by atoms with E-state index >= 15 is 0 Å². The number of sulfonamides is 2. The molecule has 0 fully saturated rings. The van der Waals surface area contributed by atoms with Crippen LogP contribution in [-0.4, -0.2) is 35.2 Å². The normalized spacial score (nSPS) is 12.6. The third-order valence-electron chi connectivity index (χ3n) is 4.09. The molecule has 0 atom stereocenters. The molecule has 0 saturated carbocycles. The second-order valence-electron chi connectivity index (χ2n) is 6.59. The smallest absolute Gasteiger partial charge is 0.261 e. The van der Waals surface area contributed by atoms with E-state index in [1.54, 1.807) is 37.3 Å². The first-order valence-electron chi connectivity index (χ1n) is 8.11. The lowest BCUT2D eigenvalue weighted by atomic mass is 10.0. The van der Waals surface area contributed by atoms with Crippen molar-refractivity contribution in [2.75, 3.05) is 18.8 Å². The number of benzene rings is 2. The Morgan fingerprint density at radius 1 is 0.885 bits per heavy atom. The van der Waals surface area contributed by atoms with Crippen molar-refractivity contribution in [3.8, 4) is 0 Å². The zero-order valence-corrected chi connectivity index (χ0v) is 17.1. The first-order valence-corrected chi connectivity index (χ1v) is 11.0. The summed E-state index contributed by atoms with van der Waals surface area (Å²) >= 11 is 0. The van der Waals surface area contributed by atoms with Crippen molar-refractivity contribution in [3.63, 3.8) is 0 Å². The van der Waals surface area contributed by atoms with Gasteiger partial charge >= 0.3 is 0 Å². The van der Waals surface area contributed by atoms with Crippen molar-refractivity contribution in [1.29, 1.82) is 0 Å². The summed E-state index contributed by atoms with van der Waals surface area (Å²) < 4.78 is 53.5. The molecule has 8 heteroatoms. The predicted octanol–water partition coefficient (Wildman–Crippen LogP) is 3.17. The quantitative estimate of drug-likeness (QED) is 0.813. The molecule has 0 spiro atoms. The van der Waals surface area contributed by atoms with E-state index in [9.17, 15) is 16.8 Å². The van der Waals surface area contributed by atoms with E-state index in [1.807, 2.05) is 13.8 Å². The van der Waals surface area contributed by atoms with Crippen molar-refractivity contribution >= 4 is 25.7 Å². The third kappa shape index (κ3) is 4.25. The van der Waals surface area contributed by atoms with Crippen LogP contribution in [0.25, 0.3) is 0 Å². The fraction of sp³-hybridized carbons (Fsp3) is 0.333. The highest BCUT2D eigenvalue weighted by atomic mass is 32.2. The standard InChI is InChI=1S/C18H24N2O4S2/c1-13(2)15-7-10-16(11-8-15)25(21,22)19-18-12-17(9-6-14(18)3)26(23,24)20(4)5/h6-13,19H,1-5H3. The third-order valence-corrected chi connectivity index (χ3v) is 7.28. The van der Waals surface area contributed by atoms with Crippen molar-refractivity contribution in [3.05, 3.63) is 53.6 Å². The molecule has 0 unspecified atom stereocenters. The Balaban J connectivity index is 2.40. The molecule has 6 nitrogen and oxygen atoms in total. The average molecular weight is 397 g/mol. The summed E-state index contributed by atoms with van der Waals surface area (Å²) in [5, 5.41) is 0. The summed E-state index contributed by atoms with van der Waals surface area (Å²) in [7, 11) is -4.62. The molecule has 0 aliphatic rings. The molecule has 0 radical (unpaired) electrons. The SMILES string of the molecule is Cc1ccc(S(=O)(=O)N(C)C)cc1NS(=O)(=O)c1ccc(C(C)C)cc1. The molecule has 0 heterocycles. The molecule has 142 valence electrons. The summed E-state index contributed by atoms with van der Waals surface area (Å²) in [6, 6.07) is 11.0. The van der Waals surface area contributed by atoms with Gasteiger partial charge in [0.15, 0.2) is 0 Å². The lowest BCUT2D eigenvalue weighted by molar-refractivity contribution is 0.520. The van der Waals surface area contributed by atoms with Crippen molar-refractivity contribution < 1.29 is 16.8 Å². The van der Waals surface area contributed by atoms with Gasteiger partial charge in [-0.1, -0.05) is 32.0 Å². The van der Waals surface area contributed by atoms with Crippen molar-refractivity contribution in [2.24, 2.45) is 0 Å². The molecule has 0 bridgehead atoms. The molecule has 0 aliphatic heterocycles. The fourth-order valence-corrected chi connectivity index (χ4v) is 4.37. The number of hydrogen-bond donors (Lipinski definition) is 1. The van der Waals surface area contributed by atoms with E-state index in [4.69, 9.17) is 0 Å². The van der Waals surface area contributed by atoms with Gasteiger partial charge < -0.3 is 0 Å². The first kappa shape index (κ1) is 20.4. The van der Waals surface area contributed by atoms with Crippen LogP contribution in [0.3, 0.4) is 0 Å². The Hall–Kier alpha value is -1.90. The van der Waals surface area contributed by atoms with Gasteiger partial charge in [-0.15, -0.1) is 0 Å². The molecular formula is C18H24N2O4S2. The fourth-order valence-electron chi connectivity index (χ4n) is 2.32. The molecule has 2 aromatic carbocycles. The number of nitrogens with zero attached hydrogens (tertiary/aromatic N) is 1. The number of hydrogen-bond acceptors (Lipinski definition) is 4. The van der Waals surface area contributed by atoms with Gasteiger partial charge in [0, 0.05) is 14.1 Å². The molecule has 0 aliphatic carbocycles. The van der Waals surface area contributed by atoms with Crippen LogP contribution in [0.2, 0.25) is 0 Å². The summed E-state index contributed by atoms with van der Waals surface area (Å²) in [4.78, 5) is 0.156. The van der Waals surface area contributed by atoms with Crippen LogP contribution in [0.15, 0.2) is 52.3 Å². The minimum Gasteiger partial charge on any atom is -0.279 e. The van der Waals surface area contributed by atoms with Gasteiger partial charge in [-0.05, 0) is 48.2 Å². The molecule has 2 rings (SSSR count). The van der Waals surface area contributed by atoms with Gasteiger partial charge in [0.05, 0.1) is 15.5 Å². The summed E-state index contributed by atoms with van der Waals surface area (Å²) in [6.45, 7) is 5.77. The maximum absolute atomic E-state index is 12.7. The molecule has 0 amide bonds. The van der Waals surface area contributed by atoms with Gasteiger partial charge in [-0.2, -0.15) is 0 Å². The highest BCUT2D eigenvalue weighted by Gasteiger charge is 2.21. The van der Waals surface area contributed by atoms with E-state index in [0.717, 1.165) is 9.87 Å². The summed E-state index contributed by atoms with van der Waals surface area (Å²) in [5.74, 6) is 0.301. The van der Waals surface area contributed by atoms with Crippen LogP contribution in [0.4, 0.5) is 5.69 Å². The molecular weight excluding hydrogens is 372 g/mol. The summed E-state index contributed by atoms with van der Waals surface area (Å²) in [6.07, 6.45) is 0. The van der Waals surface area contributed by atoms with Crippen molar-refractivity contribution in [1.82, 2.24) is 4.31 Å². The topological polar surface area (TPSA) is 83.6 Å². The Bertz CT molecular complexity index is 994. The molecule has 1 N–H and O–H groups in total. The highest BCUT2D eigenvalue weighted by molar-refractivity contribution is 7.92. The van der Waals surface area contributed by atoms with Crippen LogP contribution < -0.4 is 4.72 Å². The van der Waals surface area contributed by atoms with Crippen LogP contribution in [0.1, 0.15) is 30.9 Å². The largest absolute Gasteiger partial charge is 0.279 e.